The molecule has 1 heteroatoms. The van der Waals surface area contributed by atoms with Crippen LogP contribution in [0.25, 0.3) is 0 Å². The Balaban J connectivity index is 1.95. The van der Waals surface area contributed by atoms with Gasteiger partial charge in [0.05, 0.1) is 0 Å². The van der Waals surface area contributed by atoms with E-state index in [0.29, 0.717) is 0 Å². The van der Waals surface area contributed by atoms with Crippen molar-refractivity contribution < 1.29 is 4.79 Å². The summed E-state index contributed by atoms with van der Waals surface area (Å²) in [4.78, 5) is 12.8. The van der Waals surface area contributed by atoms with E-state index >= 15 is 0 Å². The summed E-state index contributed by atoms with van der Waals surface area (Å²) in [5, 5.41) is 0. The summed E-state index contributed by atoms with van der Waals surface area (Å²) in [6.45, 7) is 2.25. The Morgan fingerprint density at radius 2 is 1.17 bits per heavy atom. The van der Waals surface area contributed by atoms with Gasteiger partial charge in [0.2, 0.25) is 0 Å². The first-order valence-electron chi connectivity index (χ1n) is 7.98. The SMILES string of the molecule is CC1(Cc2ccccc2)c2ccccc2C(=O)c2ccccc21. The summed E-state index contributed by atoms with van der Waals surface area (Å²) in [7, 11) is 0. The fraction of sp³-hybridized carbons (Fsp3) is 0.136. The Morgan fingerprint density at radius 1 is 0.696 bits per heavy atom. The summed E-state index contributed by atoms with van der Waals surface area (Å²) < 4.78 is 0. The number of carbonyl (C=O) groups excluding carboxylic acids is 1. The van der Waals surface area contributed by atoms with E-state index in [4.69, 9.17) is 0 Å². The average Bonchev–Trinajstić information content (AvgIpc) is 2.61. The first-order chi connectivity index (χ1) is 11.2. The van der Waals surface area contributed by atoms with Crippen molar-refractivity contribution in [2.75, 3.05) is 0 Å². The highest BCUT2D eigenvalue weighted by Crippen LogP contribution is 2.43. The van der Waals surface area contributed by atoms with Crippen molar-refractivity contribution in [3.05, 3.63) is 107 Å². The van der Waals surface area contributed by atoms with Gasteiger partial charge in [-0.2, -0.15) is 0 Å². The van der Waals surface area contributed by atoms with Crippen molar-refractivity contribution in [3.8, 4) is 0 Å². The van der Waals surface area contributed by atoms with Crippen LogP contribution in [0, 0.1) is 0 Å². The van der Waals surface area contributed by atoms with E-state index in [1.54, 1.807) is 0 Å². The lowest BCUT2D eigenvalue weighted by Crippen LogP contribution is -2.35. The van der Waals surface area contributed by atoms with Gasteiger partial charge in [0, 0.05) is 16.5 Å². The smallest absolute Gasteiger partial charge is 0.193 e. The van der Waals surface area contributed by atoms with Gasteiger partial charge in [0.25, 0.3) is 0 Å². The molecule has 0 saturated carbocycles. The predicted octanol–water partition coefficient (Wildman–Crippen LogP) is 4.78. The lowest BCUT2D eigenvalue weighted by molar-refractivity contribution is 0.103. The third-order valence-corrected chi connectivity index (χ3v) is 4.93. The maximum atomic E-state index is 12.8. The van der Waals surface area contributed by atoms with Crippen LogP contribution in [-0.4, -0.2) is 5.78 Å². The number of carbonyl (C=O) groups is 1. The highest BCUT2D eigenvalue weighted by molar-refractivity contribution is 6.13. The molecule has 0 saturated heterocycles. The fourth-order valence-electron chi connectivity index (χ4n) is 3.81. The number of fused-ring (bicyclic) bond motifs is 2. The Labute approximate surface area is 136 Å². The normalized spacial score (nSPS) is 14.9. The van der Waals surface area contributed by atoms with Crippen LogP contribution in [0.4, 0.5) is 0 Å². The van der Waals surface area contributed by atoms with Gasteiger partial charge in [-0.1, -0.05) is 85.8 Å². The third kappa shape index (κ3) is 2.12. The molecule has 0 aliphatic heterocycles. The second-order valence-electron chi connectivity index (χ2n) is 6.41. The molecule has 1 aliphatic carbocycles. The second kappa shape index (κ2) is 5.20. The van der Waals surface area contributed by atoms with Crippen molar-refractivity contribution in [1.82, 2.24) is 0 Å². The monoisotopic (exact) mass is 298 g/mol. The van der Waals surface area contributed by atoms with Gasteiger partial charge in [-0.3, -0.25) is 4.79 Å². The number of hydrogen-bond acceptors (Lipinski definition) is 1. The lowest BCUT2D eigenvalue weighted by Gasteiger charge is -2.37. The summed E-state index contributed by atoms with van der Waals surface area (Å²) >= 11 is 0. The first kappa shape index (κ1) is 14.0. The summed E-state index contributed by atoms with van der Waals surface area (Å²) in [5.74, 6) is 0.140. The first-order valence-corrected chi connectivity index (χ1v) is 7.98. The molecule has 0 atom stereocenters. The molecule has 0 radical (unpaired) electrons. The molecule has 3 aromatic carbocycles. The standard InChI is InChI=1S/C22H18O/c1-22(15-16-9-3-2-4-10-16)19-13-7-5-11-17(19)21(23)18-12-6-8-14-20(18)22/h2-14H,15H2,1H3. The van der Waals surface area contributed by atoms with Gasteiger partial charge in [0.1, 0.15) is 0 Å². The van der Waals surface area contributed by atoms with Crippen LogP contribution in [0.1, 0.15) is 39.5 Å². The maximum absolute atomic E-state index is 12.8. The summed E-state index contributed by atoms with van der Waals surface area (Å²) in [5.41, 5.74) is 5.03. The Morgan fingerprint density at radius 3 is 1.74 bits per heavy atom. The van der Waals surface area contributed by atoms with Crippen molar-refractivity contribution in [3.63, 3.8) is 0 Å². The molecule has 0 spiro atoms. The van der Waals surface area contributed by atoms with Crippen LogP contribution in [0.5, 0.6) is 0 Å². The molecule has 112 valence electrons. The second-order valence-corrected chi connectivity index (χ2v) is 6.41. The Bertz CT molecular complexity index is 828. The zero-order chi connectivity index (χ0) is 15.9. The molecule has 3 aromatic rings. The van der Waals surface area contributed by atoms with Gasteiger partial charge in [-0.05, 0) is 23.1 Å². The molecular formula is C22H18O. The highest BCUT2D eigenvalue weighted by Gasteiger charge is 2.39. The molecule has 0 amide bonds. The molecule has 1 nitrogen and oxygen atoms in total. The van der Waals surface area contributed by atoms with Gasteiger partial charge in [-0.15, -0.1) is 0 Å². The summed E-state index contributed by atoms with van der Waals surface area (Å²) in [6.07, 6.45) is 0.884. The van der Waals surface area contributed by atoms with Crippen LogP contribution in [0.15, 0.2) is 78.9 Å². The zero-order valence-corrected chi connectivity index (χ0v) is 13.1. The number of ketones is 1. The van der Waals surface area contributed by atoms with Crippen molar-refractivity contribution in [2.45, 2.75) is 18.8 Å². The average molecular weight is 298 g/mol. The Hall–Kier alpha value is -2.67. The topological polar surface area (TPSA) is 17.1 Å². The van der Waals surface area contributed by atoms with Crippen LogP contribution < -0.4 is 0 Å². The predicted molar refractivity (Wildman–Crippen MR) is 92.9 cm³/mol. The molecular weight excluding hydrogens is 280 g/mol. The molecule has 4 rings (SSSR count). The fourth-order valence-corrected chi connectivity index (χ4v) is 3.81. The van der Waals surface area contributed by atoms with E-state index in [9.17, 15) is 4.79 Å². The third-order valence-electron chi connectivity index (χ3n) is 4.93. The van der Waals surface area contributed by atoms with E-state index in [2.05, 4.69) is 43.3 Å². The molecule has 0 fully saturated rings. The number of benzene rings is 3. The van der Waals surface area contributed by atoms with E-state index in [1.807, 2.05) is 42.5 Å². The van der Waals surface area contributed by atoms with Gasteiger partial charge >= 0.3 is 0 Å². The molecule has 0 N–H and O–H groups in total. The number of hydrogen-bond donors (Lipinski definition) is 0. The minimum atomic E-state index is -0.192. The van der Waals surface area contributed by atoms with E-state index in [1.165, 1.54) is 5.56 Å². The van der Waals surface area contributed by atoms with Crippen LogP contribution >= 0.6 is 0 Å². The highest BCUT2D eigenvalue weighted by atomic mass is 16.1. The van der Waals surface area contributed by atoms with Crippen LogP contribution in [-0.2, 0) is 11.8 Å². The van der Waals surface area contributed by atoms with Gasteiger partial charge < -0.3 is 0 Å². The van der Waals surface area contributed by atoms with E-state index in [0.717, 1.165) is 28.7 Å². The van der Waals surface area contributed by atoms with E-state index in [-0.39, 0.29) is 11.2 Å². The molecule has 23 heavy (non-hydrogen) atoms. The lowest BCUT2D eigenvalue weighted by atomic mass is 9.64. The largest absolute Gasteiger partial charge is 0.289 e. The van der Waals surface area contributed by atoms with Crippen LogP contribution in [0.3, 0.4) is 0 Å². The van der Waals surface area contributed by atoms with E-state index < -0.39 is 0 Å². The summed E-state index contributed by atoms with van der Waals surface area (Å²) in [6, 6.07) is 26.6. The quantitative estimate of drug-likeness (QED) is 0.665. The Kier molecular flexibility index (Phi) is 3.16. The minimum Gasteiger partial charge on any atom is -0.289 e. The molecule has 0 aromatic heterocycles. The van der Waals surface area contributed by atoms with Crippen molar-refractivity contribution in [2.24, 2.45) is 0 Å². The van der Waals surface area contributed by atoms with Crippen molar-refractivity contribution >= 4 is 5.78 Å². The molecule has 1 aliphatic rings. The molecule has 0 bridgehead atoms. The van der Waals surface area contributed by atoms with Gasteiger partial charge in [0.15, 0.2) is 5.78 Å². The van der Waals surface area contributed by atoms with Crippen molar-refractivity contribution in [1.29, 1.82) is 0 Å². The zero-order valence-electron chi connectivity index (χ0n) is 13.1. The maximum Gasteiger partial charge on any atom is 0.193 e. The molecule has 0 heterocycles. The minimum absolute atomic E-state index is 0.140. The number of rotatable bonds is 2. The van der Waals surface area contributed by atoms with Crippen LogP contribution in [0.2, 0.25) is 0 Å². The van der Waals surface area contributed by atoms with Gasteiger partial charge in [-0.25, -0.2) is 0 Å². The molecule has 0 unspecified atom stereocenters.